The number of hydrogen-bond acceptors (Lipinski definition) is 1. The monoisotopic (exact) mass is 283 g/mol. The van der Waals surface area contributed by atoms with Crippen molar-refractivity contribution in [1.82, 2.24) is 5.32 Å². The molecule has 19 heavy (non-hydrogen) atoms. The highest BCUT2D eigenvalue weighted by atomic mass is 35.5. The lowest BCUT2D eigenvalue weighted by molar-refractivity contribution is 0.228. The molecule has 1 fully saturated rings. The maximum absolute atomic E-state index is 13.5. The molecule has 1 aromatic carbocycles. The van der Waals surface area contributed by atoms with E-state index in [9.17, 15) is 4.39 Å². The summed E-state index contributed by atoms with van der Waals surface area (Å²) in [7, 11) is 1.98. The Bertz CT molecular complexity index is 421. The lowest BCUT2D eigenvalue weighted by atomic mass is 9.70. The zero-order valence-corrected chi connectivity index (χ0v) is 12.5. The van der Waals surface area contributed by atoms with Crippen LogP contribution in [0.1, 0.15) is 44.1 Å². The lowest BCUT2D eigenvalue weighted by Crippen LogP contribution is -2.30. The molecule has 3 unspecified atom stereocenters. The van der Waals surface area contributed by atoms with Gasteiger partial charge in [-0.3, -0.25) is 0 Å². The van der Waals surface area contributed by atoms with Gasteiger partial charge in [0.25, 0.3) is 0 Å². The van der Waals surface area contributed by atoms with E-state index in [2.05, 4.69) is 12.2 Å². The Kier molecular flexibility index (Phi) is 5.23. The first kappa shape index (κ1) is 14.8. The van der Waals surface area contributed by atoms with E-state index in [4.69, 9.17) is 11.6 Å². The van der Waals surface area contributed by atoms with Gasteiger partial charge in [-0.2, -0.15) is 0 Å². The topological polar surface area (TPSA) is 12.0 Å². The van der Waals surface area contributed by atoms with Crippen LogP contribution in [0, 0.1) is 17.7 Å². The van der Waals surface area contributed by atoms with Gasteiger partial charge in [-0.25, -0.2) is 4.39 Å². The second-order valence-corrected chi connectivity index (χ2v) is 6.08. The molecule has 0 amide bonds. The van der Waals surface area contributed by atoms with E-state index in [1.54, 1.807) is 12.1 Å². The molecule has 0 radical (unpaired) electrons. The van der Waals surface area contributed by atoms with Crippen molar-refractivity contribution < 1.29 is 4.39 Å². The van der Waals surface area contributed by atoms with Crippen LogP contribution < -0.4 is 5.32 Å². The van der Waals surface area contributed by atoms with E-state index >= 15 is 0 Å². The fourth-order valence-corrected chi connectivity index (χ4v) is 3.64. The first-order chi connectivity index (χ1) is 9.15. The highest BCUT2D eigenvalue weighted by Gasteiger charge is 2.31. The smallest absolute Gasteiger partial charge is 0.123 e. The molecule has 1 aliphatic carbocycles. The Labute approximate surface area is 120 Å². The Hall–Kier alpha value is -0.600. The van der Waals surface area contributed by atoms with E-state index in [0.717, 1.165) is 24.4 Å². The maximum atomic E-state index is 13.5. The number of halogens is 2. The number of hydrogen-bond donors (Lipinski definition) is 1. The third kappa shape index (κ3) is 3.49. The van der Waals surface area contributed by atoms with Gasteiger partial charge in [0.1, 0.15) is 5.82 Å². The lowest BCUT2D eigenvalue weighted by Gasteiger charge is -2.36. The quantitative estimate of drug-likeness (QED) is 0.851. The molecule has 0 spiro atoms. The standard InChI is InChI=1S/C16H23ClFN/c1-3-11-4-5-12(10-19-2)14(8-11)15-9-13(18)6-7-16(15)17/h6-7,9,11-12,14,19H,3-5,8,10H2,1-2H3. The van der Waals surface area contributed by atoms with Gasteiger partial charge in [0.05, 0.1) is 0 Å². The largest absolute Gasteiger partial charge is 0.319 e. The molecular formula is C16H23ClFN. The van der Waals surface area contributed by atoms with Crippen molar-refractivity contribution in [3.8, 4) is 0 Å². The van der Waals surface area contributed by atoms with Gasteiger partial charge >= 0.3 is 0 Å². The fraction of sp³-hybridized carbons (Fsp3) is 0.625. The van der Waals surface area contributed by atoms with Crippen LogP contribution in [-0.2, 0) is 0 Å². The Morgan fingerprint density at radius 1 is 1.37 bits per heavy atom. The highest BCUT2D eigenvalue weighted by Crippen LogP contribution is 2.43. The average Bonchev–Trinajstić information content (AvgIpc) is 2.42. The third-order valence-electron chi connectivity index (χ3n) is 4.50. The Morgan fingerprint density at radius 3 is 2.84 bits per heavy atom. The summed E-state index contributed by atoms with van der Waals surface area (Å²) in [4.78, 5) is 0. The van der Waals surface area contributed by atoms with E-state index in [1.807, 2.05) is 7.05 Å². The minimum absolute atomic E-state index is 0.179. The van der Waals surface area contributed by atoms with Crippen LogP contribution in [0.5, 0.6) is 0 Å². The molecule has 0 heterocycles. The first-order valence-electron chi connectivity index (χ1n) is 7.25. The maximum Gasteiger partial charge on any atom is 0.123 e. The summed E-state index contributed by atoms with van der Waals surface area (Å²) < 4.78 is 13.5. The molecule has 0 aliphatic heterocycles. The zero-order chi connectivity index (χ0) is 13.8. The van der Waals surface area contributed by atoms with Gasteiger partial charge in [0, 0.05) is 5.02 Å². The van der Waals surface area contributed by atoms with Crippen molar-refractivity contribution in [2.24, 2.45) is 11.8 Å². The molecule has 2 rings (SSSR count). The molecule has 3 atom stereocenters. The van der Waals surface area contributed by atoms with Crippen molar-refractivity contribution in [1.29, 1.82) is 0 Å². The SMILES string of the molecule is CCC1CCC(CNC)C(c2cc(F)ccc2Cl)C1. The predicted molar refractivity (Wildman–Crippen MR) is 79.2 cm³/mol. The molecule has 3 heteroatoms. The van der Waals surface area contributed by atoms with Crippen molar-refractivity contribution in [3.05, 3.63) is 34.6 Å². The zero-order valence-electron chi connectivity index (χ0n) is 11.8. The fourth-order valence-electron chi connectivity index (χ4n) is 3.38. The molecule has 0 bridgehead atoms. The summed E-state index contributed by atoms with van der Waals surface area (Å²) in [5.41, 5.74) is 1.00. The van der Waals surface area contributed by atoms with Gasteiger partial charge in [-0.05, 0) is 68.0 Å². The Balaban J connectivity index is 2.27. The van der Waals surface area contributed by atoms with E-state index in [-0.39, 0.29) is 5.82 Å². The van der Waals surface area contributed by atoms with Crippen molar-refractivity contribution >= 4 is 11.6 Å². The van der Waals surface area contributed by atoms with Crippen LogP contribution in [0.25, 0.3) is 0 Å². The predicted octanol–water partition coefficient (Wildman–Crippen LogP) is 4.61. The molecule has 0 saturated heterocycles. The number of nitrogens with one attached hydrogen (secondary N) is 1. The van der Waals surface area contributed by atoms with Crippen LogP contribution in [0.3, 0.4) is 0 Å². The number of rotatable bonds is 4. The van der Waals surface area contributed by atoms with Gasteiger partial charge in [0.2, 0.25) is 0 Å². The highest BCUT2D eigenvalue weighted by molar-refractivity contribution is 6.31. The first-order valence-corrected chi connectivity index (χ1v) is 7.63. The summed E-state index contributed by atoms with van der Waals surface area (Å²) in [5.74, 6) is 1.51. The molecule has 1 N–H and O–H groups in total. The van der Waals surface area contributed by atoms with E-state index in [0.29, 0.717) is 16.9 Å². The molecule has 1 saturated carbocycles. The van der Waals surface area contributed by atoms with Crippen LogP contribution in [-0.4, -0.2) is 13.6 Å². The van der Waals surface area contributed by atoms with Gasteiger partial charge in [0.15, 0.2) is 0 Å². The molecule has 1 aromatic rings. The number of benzene rings is 1. The second-order valence-electron chi connectivity index (χ2n) is 5.68. The van der Waals surface area contributed by atoms with Crippen LogP contribution in [0.4, 0.5) is 4.39 Å². The second kappa shape index (κ2) is 6.71. The summed E-state index contributed by atoms with van der Waals surface area (Å²) in [6.07, 6.45) is 4.82. The Morgan fingerprint density at radius 2 is 2.16 bits per heavy atom. The van der Waals surface area contributed by atoms with Gasteiger partial charge in [-0.15, -0.1) is 0 Å². The third-order valence-corrected chi connectivity index (χ3v) is 4.85. The average molecular weight is 284 g/mol. The summed E-state index contributed by atoms with van der Waals surface area (Å²) in [6, 6.07) is 4.77. The van der Waals surface area contributed by atoms with E-state index in [1.165, 1.54) is 25.3 Å². The van der Waals surface area contributed by atoms with Gasteiger partial charge < -0.3 is 5.32 Å². The van der Waals surface area contributed by atoms with Crippen LogP contribution in [0.2, 0.25) is 5.02 Å². The molecule has 0 aromatic heterocycles. The minimum Gasteiger partial charge on any atom is -0.319 e. The van der Waals surface area contributed by atoms with Crippen LogP contribution >= 0.6 is 11.6 Å². The van der Waals surface area contributed by atoms with Crippen molar-refractivity contribution in [3.63, 3.8) is 0 Å². The molecule has 1 aliphatic rings. The minimum atomic E-state index is -0.179. The normalized spacial score (nSPS) is 27.5. The van der Waals surface area contributed by atoms with Crippen LogP contribution in [0.15, 0.2) is 18.2 Å². The molecular weight excluding hydrogens is 261 g/mol. The van der Waals surface area contributed by atoms with Crippen molar-refractivity contribution in [2.45, 2.75) is 38.5 Å². The molecule has 106 valence electrons. The summed E-state index contributed by atoms with van der Waals surface area (Å²) >= 11 is 6.30. The summed E-state index contributed by atoms with van der Waals surface area (Å²) in [5, 5.41) is 3.98. The summed E-state index contributed by atoms with van der Waals surface area (Å²) in [6.45, 7) is 3.22. The molecule has 1 nitrogen and oxygen atoms in total. The van der Waals surface area contributed by atoms with Gasteiger partial charge in [-0.1, -0.05) is 31.4 Å². The van der Waals surface area contributed by atoms with Crippen molar-refractivity contribution in [2.75, 3.05) is 13.6 Å². The van der Waals surface area contributed by atoms with E-state index < -0.39 is 0 Å².